The van der Waals surface area contributed by atoms with Gasteiger partial charge >= 0.3 is 0 Å². The van der Waals surface area contributed by atoms with Crippen molar-refractivity contribution in [3.05, 3.63) is 172 Å². The van der Waals surface area contributed by atoms with E-state index in [0.717, 1.165) is 22.8 Å². The smallest absolute Gasteiger partial charge is 0.140 e. The third-order valence-electron chi connectivity index (χ3n) is 8.54. The Bertz CT molecular complexity index is 1800. The minimum absolute atomic E-state index is 0.124. The van der Waals surface area contributed by atoms with Crippen LogP contribution in [0.1, 0.15) is 56.0 Å². The van der Waals surface area contributed by atoms with Crippen LogP contribution in [0.5, 0.6) is 0 Å². The van der Waals surface area contributed by atoms with E-state index in [0.29, 0.717) is 0 Å². The van der Waals surface area contributed by atoms with Gasteiger partial charge in [0.25, 0.3) is 0 Å². The molecule has 1 heterocycles. The Hall–Kier alpha value is -5.02. The Morgan fingerprint density at radius 3 is 1.64 bits per heavy atom. The van der Waals surface area contributed by atoms with Gasteiger partial charge in [0, 0.05) is 23.5 Å². The summed E-state index contributed by atoms with van der Waals surface area (Å²) in [5.41, 5.74) is 16.4. The van der Waals surface area contributed by atoms with Crippen LogP contribution in [0, 0.1) is 41.5 Å². The molecule has 0 saturated heterocycles. The normalized spacial score (nSPS) is 11.2. The van der Waals surface area contributed by atoms with Gasteiger partial charge in [-0.25, -0.2) is 9.97 Å². The van der Waals surface area contributed by atoms with Gasteiger partial charge in [0.15, 0.2) is 0 Å². The summed E-state index contributed by atoms with van der Waals surface area (Å²) in [6.45, 7) is 13.4. The minimum atomic E-state index is 0.124. The summed E-state index contributed by atoms with van der Waals surface area (Å²) in [4.78, 5) is 11.1. The molecule has 44 heavy (non-hydrogen) atoms. The summed E-state index contributed by atoms with van der Waals surface area (Å²) in [6.07, 6.45) is 3.41. The van der Waals surface area contributed by atoms with Crippen molar-refractivity contribution in [3.63, 3.8) is 0 Å². The minimum Gasteiger partial charge on any atom is -0.295 e. The molecule has 3 heteroatoms. The lowest BCUT2D eigenvalue weighted by Crippen LogP contribution is -2.13. The first-order valence-corrected chi connectivity index (χ1v) is 15.3. The summed E-state index contributed by atoms with van der Waals surface area (Å²) < 4.78 is 0. The Morgan fingerprint density at radius 2 is 1.09 bits per heavy atom. The maximum absolute atomic E-state index is 4.66. The molecular formula is C41H39N3. The lowest BCUT2D eigenvalue weighted by atomic mass is 9.77. The monoisotopic (exact) mass is 573 g/mol. The first-order valence-electron chi connectivity index (χ1n) is 15.3. The topological polar surface area (TPSA) is 29.0 Å². The highest BCUT2D eigenvalue weighted by Gasteiger charge is 2.25. The molecule has 0 aliphatic carbocycles. The van der Waals surface area contributed by atoms with Crippen molar-refractivity contribution in [1.82, 2.24) is 9.97 Å². The average molecular weight is 574 g/mol. The zero-order valence-electron chi connectivity index (χ0n) is 26.5. The van der Waals surface area contributed by atoms with E-state index in [4.69, 9.17) is 0 Å². The number of rotatable bonds is 7. The van der Waals surface area contributed by atoms with Gasteiger partial charge in [0.2, 0.25) is 0 Å². The van der Waals surface area contributed by atoms with E-state index in [1.54, 1.807) is 12.5 Å². The van der Waals surface area contributed by atoms with E-state index in [1.807, 2.05) is 6.07 Å². The molecule has 0 atom stereocenters. The maximum Gasteiger partial charge on any atom is 0.140 e. The van der Waals surface area contributed by atoms with E-state index in [9.17, 15) is 0 Å². The molecule has 5 aromatic carbocycles. The van der Waals surface area contributed by atoms with Crippen molar-refractivity contribution in [2.24, 2.45) is 0 Å². The molecule has 6 rings (SSSR count). The second-order valence-corrected chi connectivity index (χ2v) is 12.0. The first kappa shape index (κ1) is 29.1. The number of hydrogen-bond acceptors (Lipinski definition) is 3. The number of benzene rings is 5. The van der Waals surface area contributed by atoms with E-state index in [2.05, 4.69) is 160 Å². The fourth-order valence-electron chi connectivity index (χ4n) is 6.87. The van der Waals surface area contributed by atoms with Crippen LogP contribution < -0.4 is 4.90 Å². The first-order chi connectivity index (χ1) is 21.3. The van der Waals surface area contributed by atoms with Crippen LogP contribution >= 0.6 is 0 Å². The number of hydrogen-bond donors (Lipinski definition) is 0. The second-order valence-electron chi connectivity index (χ2n) is 12.0. The van der Waals surface area contributed by atoms with Crippen LogP contribution in [-0.2, 0) is 0 Å². The molecule has 3 nitrogen and oxygen atoms in total. The molecule has 218 valence electrons. The number of nitrogens with zero attached hydrogens (tertiary/aromatic N) is 3. The van der Waals surface area contributed by atoms with Gasteiger partial charge in [-0.05, 0) is 122 Å². The molecule has 0 N–H and O–H groups in total. The highest BCUT2D eigenvalue weighted by atomic mass is 15.2. The van der Waals surface area contributed by atoms with Crippen LogP contribution in [0.25, 0.3) is 11.1 Å². The molecule has 0 unspecified atom stereocenters. The predicted molar refractivity (Wildman–Crippen MR) is 184 cm³/mol. The molecule has 0 fully saturated rings. The lowest BCUT2D eigenvalue weighted by Gasteiger charge is -2.28. The van der Waals surface area contributed by atoms with E-state index < -0.39 is 0 Å². The molecule has 0 saturated carbocycles. The van der Waals surface area contributed by atoms with Gasteiger partial charge in [-0.15, -0.1) is 0 Å². The summed E-state index contributed by atoms with van der Waals surface area (Å²) in [7, 11) is 0. The molecule has 0 bridgehead atoms. The summed E-state index contributed by atoms with van der Waals surface area (Å²) in [6, 6.07) is 39.4. The number of aromatic nitrogens is 2. The van der Waals surface area contributed by atoms with Crippen LogP contribution in [0.2, 0.25) is 0 Å². The van der Waals surface area contributed by atoms with Gasteiger partial charge < -0.3 is 0 Å². The third-order valence-corrected chi connectivity index (χ3v) is 8.54. The third kappa shape index (κ3) is 5.78. The van der Waals surface area contributed by atoms with Crippen LogP contribution in [0.4, 0.5) is 17.2 Å². The average Bonchev–Trinajstić information content (AvgIpc) is 3.01. The zero-order chi connectivity index (χ0) is 30.8. The van der Waals surface area contributed by atoms with Crippen LogP contribution in [0.3, 0.4) is 0 Å². The largest absolute Gasteiger partial charge is 0.295 e. The Balaban J connectivity index is 1.49. The summed E-state index contributed by atoms with van der Waals surface area (Å²) in [5, 5.41) is 0. The highest BCUT2D eigenvalue weighted by molar-refractivity contribution is 5.78. The fourth-order valence-corrected chi connectivity index (χ4v) is 6.87. The van der Waals surface area contributed by atoms with Gasteiger partial charge in [-0.3, -0.25) is 4.90 Å². The highest BCUT2D eigenvalue weighted by Crippen LogP contribution is 2.42. The molecular weight excluding hydrogens is 534 g/mol. The van der Waals surface area contributed by atoms with Gasteiger partial charge in [0.1, 0.15) is 12.1 Å². The van der Waals surface area contributed by atoms with Gasteiger partial charge in [0.05, 0.1) is 0 Å². The van der Waals surface area contributed by atoms with Crippen molar-refractivity contribution >= 4 is 17.2 Å². The van der Waals surface area contributed by atoms with Crippen molar-refractivity contribution in [3.8, 4) is 11.1 Å². The Morgan fingerprint density at radius 1 is 0.523 bits per heavy atom. The molecule has 0 aliphatic heterocycles. The molecule has 0 amide bonds. The van der Waals surface area contributed by atoms with E-state index >= 15 is 0 Å². The molecule has 6 aromatic rings. The number of aryl methyl sites for hydroxylation is 6. The Kier molecular flexibility index (Phi) is 8.13. The Labute approximate surface area is 261 Å². The second kappa shape index (κ2) is 12.3. The summed E-state index contributed by atoms with van der Waals surface area (Å²) >= 11 is 0. The van der Waals surface area contributed by atoms with Crippen LogP contribution in [-0.4, -0.2) is 9.97 Å². The zero-order valence-corrected chi connectivity index (χ0v) is 26.5. The van der Waals surface area contributed by atoms with Crippen molar-refractivity contribution < 1.29 is 0 Å². The van der Waals surface area contributed by atoms with Gasteiger partial charge in [-0.1, -0.05) is 90.0 Å². The van der Waals surface area contributed by atoms with E-state index in [-0.39, 0.29) is 5.92 Å². The fraction of sp³-hybridized carbons (Fsp3) is 0.171. The summed E-state index contributed by atoms with van der Waals surface area (Å²) in [5.74, 6) is 0.948. The molecule has 0 radical (unpaired) electrons. The van der Waals surface area contributed by atoms with Gasteiger partial charge in [-0.2, -0.15) is 0 Å². The lowest BCUT2D eigenvalue weighted by molar-refractivity contribution is 0.919. The van der Waals surface area contributed by atoms with Crippen molar-refractivity contribution in [1.29, 1.82) is 0 Å². The SMILES string of the molecule is Cc1cc(C)c(C(c2ccc(N(c3cccc(-c4ccccc4)c3)c3ccncn3)cc2)c2c(C)cc(C)cc2C)c(C)c1. The number of anilines is 3. The van der Waals surface area contributed by atoms with Crippen molar-refractivity contribution in [2.45, 2.75) is 47.5 Å². The van der Waals surface area contributed by atoms with E-state index in [1.165, 1.54) is 55.6 Å². The molecule has 0 aliphatic rings. The van der Waals surface area contributed by atoms with Crippen molar-refractivity contribution in [2.75, 3.05) is 4.90 Å². The maximum atomic E-state index is 4.66. The quantitative estimate of drug-likeness (QED) is 0.178. The predicted octanol–water partition coefficient (Wildman–Crippen LogP) is 10.6. The standard InChI is InChI=1S/C41H39N3/c1-27-21-29(3)39(30(4)22-27)41(40-31(5)23-28(2)24-32(40)6)34-15-17-36(18-16-34)44(38-19-20-42-26-43-38)37-14-10-13-35(25-37)33-11-8-7-9-12-33/h7-26,41H,1-6H3. The van der Waals surface area contributed by atoms with Crippen LogP contribution in [0.15, 0.2) is 122 Å². The molecule has 0 spiro atoms. The molecule has 1 aromatic heterocycles.